The summed E-state index contributed by atoms with van der Waals surface area (Å²) in [5.74, 6) is -0.293. The molecule has 1 amide bonds. The number of rotatable bonds is 2. The van der Waals surface area contributed by atoms with Gasteiger partial charge in [-0.25, -0.2) is 0 Å². The zero-order chi connectivity index (χ0) is 11.7. The number of anilines is 1. The molecule has 0 spiro atoms. The first kappa shape index (κ1) is 10.9. The van der Waals surface area contributed by atoms with Crippen LogP contribution in [-0.4, -0.2) is 24.5 Å². The summed E-state index contributed by atoms with van der Waals surface area (Å²) in [4.78, 5) is 13.2. The van der Waals surface area contributed by atoms with Gasteiger partial charge in [0.2, 0.25) is 5.91 Å². The van der Waals surface area contributed by atoms with E-state index < -0.39 is 6.67 Å². The van der Waals surface area contributed by atoms with Gasteiger partial charge in [0.1, 0.15) is 0 Å². The summed E-state index contributed by atoms with van der Waals surface area (Å²) < 4.78 is 12.9. The molecule has 1 heterocycles. The van der Waals surface area contributed by atoms with Crippen molar-refractivity contribution in [3.8, 4) is 0 Å². The maximum absolute atomic E-state index is 12.9. The van der Waals surface area contributed by atoms with Gasteiger partial charge in [-0.15, -0.1) is 0 Å². The van der Waals surface area contributed by atoms with Gasteiger partial charge in [-0.1, -0.05) is 18.2 Å². The maximum Gasteiger partial charge on any atom is 0.223 e. The van der Waals surface area contributed by atoms with E-state index in [1.807, 2.05) is 18.2 Å². The van der Waals surface area contributed by atoms with Crippen LogP contribution in [0.2, 0.25) is 0 Å². The van der Waals surface area contributed by atoms with Gasteiger partial charge in [0, 0.05) is 25.1 Å². The molecule has 3 nitrogen and oxygen atoms in total. The third kappa shape index (κ3) is 1.64. The lowest BCUT2D eigenvalue weighted by molar-refractivity contribution is -0.127. The predicted molar refractivity (Wildman–Crippen MR) is 60.4 cm³/mol. The van der Waals surface area contributed by atoms with Crippen LogP contribution >= 0.6 is 0 Å². The number of hydrogen-bond acceptors (Lipinski definition) is 2. The Morgan fingerprint density at radius 1 is 1.50 bits per heavy atom. The monoisotopic (exact) mass is 222 g/mol. The molecule has 16 heavy (non-hydrogen) atoms. The number of nitrogen functional groups attached to an aromatic ring is 1. The number of amides is 1. The molecule has 1 aliphatic heterocycles. The van der Waals surface area contributed by atoms with Crippen molar-refractivity contribution in [3.63, 3.8) is 0 Å². The quantitative estimate of drug-likeness (QED) is 0.775. The topological polar surface area (TPSA) is 46.3 Å². The summed E-state index contributed by atoms with van der Waals surface area (Å²) in [7, 11) is 1.70. The van der Waals surface area contributed by atoms with Gasteiger partial charge < -0.3 is 10.6 Å². The molecule has 1 aromatic rings. The molecule has 86 valence electrons. The van der Waals surface area contributed by atoms with Crippen LogP contribution in [0.4, 0.5) is 10.1 Å². The van der Waals surface area contributed by atoms with Crippen LogP contribution in [0.5, 0.6) is 0 Å². The average molecular weight is 222 g/mol. The largest absolute Gasteiger partial charge is 0.398 e. The summed E-state index contributed by atoms with van der Waals surface area (Å²) in [6.45, 7) is -0.491. The smallest absolute Gasteiger partial charge is 0.223 e. The molecule has 1 saturated heterocycles. The highest BCUT2D eigenvalue weighted by Gasteiger charge is 2.39. The first-order chi connectivity index (χ1) is 7.65. The van der Waals surface area contributed by atoms with Crippen LogP contribution in [0.3, 0.4) is 0 Å². The molecular weight excluding hydrogens is 207 g/mol. The summed E-state index contributed by atoms with van der Waals surface area (Å²) in [5.41, 5.74) is 7.33. The number of alkyl halides is 1. The van der Waals surface area contributed by atoms with E-state index in [0.717, 1.165) is 5.56 Å². The third-order valence-corrected chi connectivity index (χ3v) is 3.21. The van der Waals surface area contributed by atoms with Gasteiger partial charge in [-0.2, -0.15) is 0 Å². The molecule has 1 fully saturated rings. The molecule has 0 aliphatic carbocycles. The minimum Gasteiger partial charge on any atom is -0.398 e. The maximum atomic E-state index is 12.9. The van der Waals surface area contributed by atoms with Crippen LogP contribution in [-0.2, 0) is 4.79 Å². The van der Waals surface area contributed by atoms with Gasteiger partial charge >= 0.3 is 0 Å². The number of nitrogens with zero attached hydrogens (tertiary/aromatic N) is 1. The molecule has 0 aromatic heterocycles. The molecule has 2 atom stereocenters. The molecule has 0 bridgehead atoms. The number of hydrogen-bond donors (Lipinski definition) is 1. The average Bonchev–Trinajstić information content (AvgIpc) is 2.56. The summed E-state index contributed by atoms with van der Waals surface area (Å²) >= 11 is 0. The van der Waals surface area contributed by atoms with Crippen molar-refractivity contribution in [2.24, 2.45) is 5.92 Å². The Hall–Kier alpha value is -1.58. The second-order valence-corrected chi connectivity index (χ2v) is 4.20. The minimum atomic E-state index is -0.491. The lowest BCUT2D eigenvalue weighted by Gasteiger charge is -2.25. The predicted octanol–water partition coefficient (Wildman–Crippen LogP) is 1.76. The summed E-state index contributed by atoms with van der Waals surface area (Å²) in [6, 6.07) is 7.11. The van der Waals surface area contributed by atoms with Crippen molar-refractivity contribution in [1.29, 1.82) is 0 Å². The van der Waals surface area contributed by atoms with Crippen LogP contribution < -0.4 is 5.73 Å². The Balaban J connectivity index is 2.39. The van der Waals surface area contributed by atoms with Crippen molar-refractivity contribution >= 4 is 11.6 Å². The Morgan fingerprint density at radius 3 is 2.81 bits per heavy atom. The lowest BCUT2D eigenvalue weighted by Crippen LogP contribution is -2.25. The van der Waals surface area contributed by atoms with Gasteiger partial charge in [-0.05, 0) is 11.6 Å². The highest BCUT2D eigenvalue weighted by atomic mass is 19.1. The third-order valence-electron chi connectivity index (χ3n) is 3.21. The van der Waals surface area contributed by atoms with Gasteiger partial charge in [0.15, 0.2) is 0 Å². The SMILES string of the molecule is CN1C(=O)CC(CF)C1c1ccccc1N. The van der Waals surface area contributed by atoms with E-state index >= 15 is 0 Å². The van der Waals surface area contributed by atoms with E-state index in [1.54, 1.807) is 18.0 Å². The van der Waals surface area contributed by atoms with Crippen molar-refractivity contribution in [2.45, 2.75) is 12.5 Å². The van der Waals surface area contributed by atoms with Crippen molar-refractivity contribution < 1.29 is 9.18 Å². The number of carbonyl (C=O) groups is 1. The molecule has 1 aromatic carbocycles. The standard InChI is InChI=1S/C12H15FN2O/c1-15-11(16)6-8(7-13)12(15)9-4-2-3-5-10(9)14/h2-5,8,12H,6-7,14H2,1H3. The normalized spacial score (nSPS) is 25.1. The number of benzene rings is 1. The Kier molecular flexibility index (Phi) is 2.81. The fourth-order valence-corrected chi connectivity index (χ4v) is 2.33. The highest BCUT2D eigenvalue weighted by molar-refractivity contribution is 5.79. The Labute approximate surface area is 94.0 Å². The van der Waals surface area contributed by atoms with Crippen LogP contribution in [0, 0.1) is 5.92 Å². The zero-order valence-corrected chi connectivity index (χ0v) is 9.19. The fourth-order valence-electron chi connectivity index (χ4n) is 2.33. The first-order valence-corrected chi connectivity index (χ1v) is 5.31. The van der Waals surface area contributed by atoms with E-state index in [2.05, 4.69) is 0 Å². The highest BCUT2D eigenvalue weighted by Crippen LogP contribution is 2.39. The number of likely N-dealkylation sites (tertiary alicyclic amines) is 1. The van der Waals surface area contributed by atoms with E-state index in [-0.39, 0.29) is 24.3 Å². The van der Waals surface area contributed by atoms with Gasteiger partial charge in [0.05, 0.1) is 12.7 Å². The number of halogens is 1. The molecule has 4 heteroatoms. The minimum absolute atomic E-state index is 0.0177. The Bertz CT molecular complexity index is 408. The first-order valence-electron chi connectivity index (χ1n) is 5.31. The van der Waals surface area contributed by atoms with E-state index in [4.69, 9.17) is 5.73 Å². The van der Waals surface area contributed by atoms with Gasteiger partial charge in [0.25, 0.3) is 0 Å². The molecule has 1 aliphatic rings. The van der Waals surface area contributed by atoms with Crippen LogP contribution in [0.1, 0.15) is 18.0 Å². The second-order valence-electron chi connectivity index (χ2n) is 4.20. The molecule has 0 radical (unpaired) electrons. The zero-order valence-electron chi connectivity index (χ0n) is 9.19. The lowest BCUT2D eigenvalue weighted by atomic mass is 9.94. The molecule has 2 N–H and O–H groups in total. The summed E-state index contributed by atoms with van der Waals surface area (Å²) in [5, 5.41) is 0. The fraction of sp³-hybridized carbons (Fsp3) is 0.417. The molecule has 2 rings (SSSR count). The molecule has 2 unspecified atom stereocenters. The number of nitrogens with two attached hydrogens (primary N) is 1. The van der Waals surface area contributed by atoms with Crippen molar-refractivity contribution in [2.75, 3.05) is 19.5 Å². The van der Waals surface area contributed by atoms with E-state index in [0.29, 0.717) is 5.69 Å². The van der Waals surface area contributed by atoms with Crippen LogP contribution in [0.25, 0.3) is 0 Å². The van der Waals surface area contributed by atoms with E-state index in [1.165, 1.54) is 0 Å². The van der Waals surface area contributed by atoms with Crippen molar-refractivity contribution in [3.05, 3.63) is 29.8 Å². The van der Waals surface area contributed by atoms with Crippen LogP contribution in [0.15, 0.2) is 24.3 Å². The second kappa shape index (κ2) is 4.12. The van der Waals surface area contributed by atoms with E-state index in [9.17, 15) is 9.18 Å². The molecule has 0 saturated carbocycles. The van der Waals surface area contributed by atoms with Crippen molar-refractivity contribution in [1.82, 2.24) is 4.90 Å². The Morgan fingerprint density at radius 2 is 2.19 bits per heavy atom. The number of carbonyl (C=O) groups excluding carboxylic acids is 1. The summed E-state index contributed by atoms with van der Waals surface area (Å²) in [6.07, 6.45) is 0.270. The molecular formula is C12H15FN2O. The van der Waals surface area contributed by atoms with Gasteiger partial charge in [-0.3, -0.25) is 9.18 Å². The number of para-hydroxylation sites is 1.